The van der Waals surface area contributed by atoms with Gasteiger partial charge in [-0.2, -0.15) is 0 Å². The van der Waals surface area contributed by atoms with Crippen LogP contribution in [0.5, 0.6) is 5.75 Å². The molecule has 1 aliphatic heterocycles. The molecule has 1 fully saturated rings. The molecule has 0 spiro atoms. The van der Waals surface area contributed by atoms with E-state index in [4.69, 9.17) is 22.1 Å². The second kappa shape index (κ2) is 9.80. The van der Waals surface area contributed by atoms with Crippen LogP contribution in [-0.4, -0.2) is 55.1 Å². The van der Waals surface area contributed by atoms with Crippen molar-refractivity contribution in [2.24, 2.45) is 5.73 Å². The number of halogens is 2. The van der Waals surface area contributed by atoms with Crippen LogP contribution in [-0.2, 0) is 0 Å². The first-order chi connectivity index (χ1) is 15.9. The van der Waals surface area contributed by atoms with Crippen molar-refractivity contribution >= 4 is 45.5 Å². The summed E-state index contributed by atoms with van der Waals surface area (Å²) in [5.41, 5.74) is 8.49. The van der Waals surface area contributed by atoms with E-state index in [2.05, 4.69) is 27.0 Å². The quantitative estimate of drug-likeness (QED) is 0.531. The van der Waals surface area contributed by atoms with Crippen molar-refractivity contribution < 1.29 is 13.9 Å². The van der Waals surface area contributed by atoms with Crippen LogP contribution in [0.3, 0.4) is 0 Å². The fourth-order valence-electron chi connectivity index (χ4n) is 4.07. The molecule has 7 nitrogen and oxygen atoms in total. The normalized spacial score (nSPS) is 14.5. The number of hydrogen-bond donors (Lipinski definition) is 2. The predicted molar refractivity (Wildman–Crippen MR) is 130 cm³/mol. The van der Waals surface area contributed by atoms with Crippen molar-refractivity contribution in [3.05, 3.63) is 52.9 Å². The molecule has 1 amide bonds. The van der Waals surface area contributed by atoms with E-state index < -0.39 is 11.7 Å². The molecule has 0 unspecified atom stereocenters. The molecule has 4 rings (SSSR count). The Morgan fingerprint density at radius 3 is 2.61 bits per heavy atom. The number of piperazine rings is 1. The van der Waals surface area contributed by atoms with Crippen LogP contribution < -0.4 is 20.7 Å². The first-order valence-electron chi connectivity index (χ1n) is 11.0. The van der Waals surface area contributed by atoms with Gasteiger partial charge in [-0.25, -0.2) is 4.39 Å². The third kappa shape index (κ3) is 4.82. The van der Waals surface area contributed by atoms with E-state index in [1.54, 1.807) is 6.07 Å². The predicted octanol–water partition coefficient (Wildman–Crippen LogP) is 4.41. The van der Waals surface area contributed by atoms with Gasteiger partial charge < -0.3 is 25.6 Å². The molecule has 0 saturated carbocycles. The summed E-state index contributed by atoms with van der Waals surface area (Å²) in [6.45, 7) is 9.27. The van der Waals surface area contributed by atoms with E-state index in [0.717, 1.165) is 44.2 Å². The van der Waals surface area contributed by atoms with Gasteiger partial charge in [0.1, 0.15) is 11.6 Å². The molecule has 1 aliphatic rings. The molecule has 2 aromatic carbocycles. The van der Waals surface area contributed by atoms with Gasteiger partial charge in [0.15, 0.2) is 0 Å². The average molecular weight is 472 g/mol. The number of likely N-dealkylation sites (N-methyl/N-ethyl adjacent to an activating group) is 1. The maximum atomic E-state index is 13.7. The monoisotopic (exact) mass is 471 g/mol. The minimum atomic E-state index is -0.618. The Bertz CT molecular complexity index is 1180. The molecule has 1 aromatic heterocycles. The van der Waals surface area contributed by atoms with Gasteiger partial charge in [-0.1, -0.05) is 18.5 Å². The number of fused-ring (bicyclic) bond motifs is 1. The lowest BCUT2D eigenvalue weighted by atomic mass is 10.1. The van der Waals surface area contributed by atoms with Gasteiger partial charge in [-0.05, 0) is 37.7 Å². The standard InChI is InChI=1S/C24H27ClFN5O2/c1-3-30-7-9-31(10-8-30)21-12-16-20(13-22(21)33-4-2)28-14-17(24(27)32)23(16)29-15-5-6-19(26)18(25)11-15/h5-6,11-14H,3-4,7-10H2,1-2H3,(H2,27,32)(H,28,29). The summed E-state index contributed by atoms with van der Waals surface area (Å²) in [6.07, 6.45) is 1.44. The van der Waals surface area contributed by atoms with Crippen molar-refractivity contribution in [1.82, 2.24) is 9.88 Å². The Morgan fingerprint density at radius 1 is 1.21 bits per heavy atom. The van der Waals surface area contributed by atoms with Crippen molar-refractivity contribution in [2.45, 2.75) is 13.8 Å². The molecule has 0 radical (unpaired) electrons. The van der Waals surface area contributed by atoms with Crippen molar-refractivity contribution in [3.63, 3.8) is 0 Å². The number of carbonyl (C=O) groups is 1. The van der Waals surface area contributed by atoms with Gasteiger partial charge in [0.05, 0.1) is 34.1 Å². The average Bonchev–Trinajstić information content (AvgIpc) is 2.81. The summed E-state index contributed by atoms with van der Waals surface area (Å²) in [5, 5.41) is 3.89. The SMILES string of the molecule is CCOc1cc2ncc(C(N)=O)c(Nc3ccc(F)c(Cl)c3)c2cc1N1CCN(CC)CC1. The molecule has 1 saturated heterocycles. The van der Waals surface area contributed by atoms with Gasteiger partial charge in [0.2, 0.25) is 0 Å². The van der Waals surface area contributed by atoms with Crippen LogP contribution in [0.2, 0.25) is 5.02 Å². The summed E-state index contributed by atoms with van der Waals surface area (Å²) in [6, 6.07) is 8.15. The summed E-state index contributed by atoms with van der Waals surface area (Å²) in [5.74, 6) is -0.399. The summed E-state index contributed by atoms with van der Waals surface area (Å²) < 4.78 is 19.6. The molecule has 2 heterocycles. The largest absolute Gasteiger partial charge is 0.492 e. The molecule has 0 atom stereocenters. The van der Waals surface area contributed by atoms with E-state index >= 15 is 0 Å². The van der Waals surface area contributed by atoms with Crippen LogP contribution in [0.25, 0.3) is 10.9 Å². The number of nitrogens with zero attached hydrogens (tertiary/aromatic N) is 3. The number of nitrogens with one attached hydrogen (secondary N) is 1. The van der Waals surface area contributed by atoms with Crippen LogP contribution in [0, 0.1) is 5.82 Å². The van der Waals surface area contributed by atoms with Crippen LogP contribution in [0.15, 0.2) is 36.5 Å². The Hall–Kier alpha value is -3.10. The number of nitrogens with two attached hydrogens (primary N) is 1. The van der Waals surface area contributed by atoms with E-state index in [-0.39, 0.29) is 10.6 Å². The first-order valence-corrected chi connectivity index (χ1v) is 11.4. The van der Waals surface area contributed by atoms with Gasteiger partial charge in [0, 0.05) is 49.5 Å². The highest BCUT2D eigenvalue weighted by molar-refractivity contribution is 6.31. The maximum absolute atomic E-state index is 13.7. The van der Waals surface area contributed by atoms with Gasteiger partial charge >= 0.3 is 0 Å². The third-order valence-corrected chi connectivity index (χ3v) is 6.15. The number of ether oxygens (including phenoxy) is 1. The van der Waals surface area contributed by atoms with E-state index in [0.29, 0.717) is 28.9 Å². The number of anilines is 3. The number of benzene rings is 2. The van der Waals surface area contributed by atoms with Crippen LogP contribution in [0.4, 0.5) is 21.5 Å². The Balaban J connectivity index is 1.84. The van der Waals surface area contributed by atoms with Crippen LogP contribution in [0.1, 0.15) is 24.2 Å². The third-order valence-electron chi connectivity index (χ3n) is 5.86. The van der Waals surface area contributed by atoms with Crippen LogP contribution >= 0.6 is 11.6 Å². The molecule has 0 bridgehead atoms. The molecule has 3 N–H and O–H groups in total. The molecule has 0 aliphatic carbocycles. The first kappa shape index (κ1) is 23.1. The summed E-state index contributed by atoms with van der Waals surface area (Å²) in [7, 11) is 0. The molecule has 174 valence electrons. The minimum absolute atomic E-state index is 0.0212. The number of aromatic nitrogens is 1. The summed E-state index contributed by atoms with van der Waals surface area (Å²) in [4.78, 5) is 21.4. The highest BCUT2D eigenvalue weighted by atomic mass is 35.5. The summed E-state index contributed by atoms with van der Waals surface area (Å²) >= 11 is 5.96. The topological polar surface area (TPSA) is 83.7 Å². The zero-order valence-corrected chi connectivity index (χ0v) is 19.5. The Morgan fingerprint density at radius 2 is 1.97 bits per heavy atom. The lowest BCUT2D eigenvalue weighted by Gasteiger charge is -2.36. The molecule has 33 heavy (non-hydrogen) atoms. The lowest BCUT2D eigenvalue weighted by molar-refractivity contribution is 0.100. The van der Waals surface area contributed by atoms with Gasteiger partial charge in [-0.3, -0.25) is 9.78 Å². The highest BCUT2D eigenvalue weighted by Crippen LogP contribution is 2.38. The number of pyridine rings is 1. The molecular weight excluding hydrogens is 445 g/mol. The maximum Gasteiger partial charge on any atom is 0.252 e. The number of hydrogen-bond acceptors (Lipinski definition) is 6. The lowest BCUT2D eigenvalue weighted by Crippen LogP contribution is -2.46. The zero-order valence-electron chi connectivity index (χ0n) is 18.7. The van der Waals surface area contributed by atoms with E-state index in [9.17, 15) is 9.18 Å². The van der Waals surface area contributed by atoms with Crippen molar-refractivity contribution in [1.29, 1.82) is 0 Å². The molecule has 3 aromatic rings. The van der Waals surface area contributed by atoms with E-state index in [1.807, 2.05) is 19.1 Å². The molecular formula is C24H27ClFN5O2. The van der Waals surface area contributed by atoms with Crippen molar-refractivity contribution in [2.75, 3.05) is 49.5 Å². The Kier molecular flexibility index (Phi) is 6.85. The second-order valence-electron chi connectivity index (χ2n) is 7.86. The fraction of sp³-hybridized carbons (Fsp3) is 0.333. The number of amides is 1. The Labute approximate surface area is 197 Å². The number of rotatable bonds is 7. The second-order valence-corrected chi connectivity index (χ2v) is 8.26. The van der Waals surface area contributed by atoms with Gasteiger partial charge in [-0.15, -0.1) is 0 Å². The number of carbonyl (C=O) groups excluding carboxylic acids is 1. The fourth-order valence-corrected chi connectivity index (χ4v) is 4.25. The highest BCUT2D eigenvalue weighted by Gasteiger charge is 2.22. The molecule has 9 heteroatoms. The van der Waals surface area contributed by atoms with Crippen molar-refractivity contribution in [3.8, 4) is 5.75 Å². The van der Waals surface area contributed by atoms with Gasteiger partial charge in [0.25, 0.3) is 5.91 Å². The smallest absolute Gasteiger partial charge is 0.252 e. The zero-order chi connectivity index (χ0) is 23.5. The minimum Gasteiger partial charge on any atom is -0.492 e. The van der Waals surface area contributed by atoms with E-state index in [1.165, 1.54) is 18.3 Å². The number of primary amides is 1.